The van der Waals surface area contributed by atoms with Gasteiger partial charge in [-0.15, -0.1) is 0 Å². The Labute approximate surface area is 206 Å². The highest BCUT2D eigenvalue weighted by atomic mass is 32.1. The number of hydrogen-bond acceptors (Lipinski definition) is 5. The van der Waals surface area contributed by atoms with Gasteiger partial charge in [0.25, 0.3) is 5.97 Å². The Balaban J connectivity index is 5.48. The molecule has 31 heavy (non-hydrogen) atoms. The molecule has 1 atom stereocenters. The Morgan fingerprint density at radius 3 is 1.42 bits per heavy atom. The van der Waals surface area contributed by atoms with Gasteiger partial charge >= 0.3 is 0 Å². The first kappa shape index (κ1) is 31.6. The number of rotatable bonds is 24. The third kappa shape index (κ3) is 15.2. The van der Waals surface area contributed by atoms with Gasteiger partial charge in [0.05, 0.1) is 19.8 Å². The lowest BCUT2D eigenvalue weighted by Crippen LogP contribution is -2.48. The third-order valence-electron chi connectivity index (χ3n) is 5.94. The minimum atomic E-state index is -0.924. The van der Waals surface area contributed by atoms with Crippen LogP contribution in [-0.2, 0) is 14.2 Å². The highest BCUT2D eigenvalue weighted by Gasteiger charge is 2.43. The molecule has 5 heteroatoms. The number of hydrogen-bond donors (Lipinski definition) is 2. The van der Waals surface area contributed by atoms with Crippen LogP contribution in [0.3, 0.4) is 0 Å². The molecule has 0 amide bonds. The summed E-state index contributed by atoms with van der Waals surface area (Å²) < 4.78 is 19.5. The Kier molecular flexibility index (Phi) is 22.8. The van der Waals surface area contributed by atoms with Gasteiger partial charge in [0, 0.05) is 5.92 Å². The molecule has 0 rings (SSSR count). The number of unbranched alkanes of at least 4 members (excludes halogenated alkanes) is 8. The Hall–Kier alpha value is 0.580. The summed E-state index contributed by atoms with van der Waals surface area (Å²) >= 11 is 9.20. The molecule has 0 aromatic carbocycles. The minimum absolute atomic E-state index is 0.216. The molecule has 0 radical (unpaired) electrons. The zero-order valence-electron chi connectivity index (χ0n) is 21.2. The van der Waals surface area contributed by atoms with Crippen LogP contribution in [-0.4, -0.2) is 37.3 Å². The van der Waals surface area contributed by atoms with E-state index in [1.165, 1.54) is 38.5 Å². The Morgan fingerprint density at radius 2 is 1.00 bits per heavy atom. The van der Waals surface area contributed by atoms with Crippen molar-refractivity contribution in [1.29, 1.82) is 0 Å². The summed E-state index contributed by atoms with van der Waals surface area (Å²) in [5.41, 5.74) is 0. The van der Waals surface area contributed by atoms with Crippen LogP contribution < -0.4 is 0 Å². The van der Waals surface area contributed by atoms with E-state index in [1.807, 2.05) is 0 Å². The lowest BCUT2D eigenvalue weighted by molar-refractivity contribution is -0.408. The highest BCUT2D eigenvalue weighted by molar-refractivity contribution is 7.81. The fourth-order valence-corrected chi connectivity index (χ4v) is 4.53. The maximum atomic E-state index is 6.52. The molecule has 0 aliphatic heterocycles. The molecule has 0 bridgehead atoms. The number of ether oxygens (including phenoxy) is 3. The fourth-order valence-electron chi connectivity index (χ4n) is 3.77. The number of thiol groups is 2. The van der Waals surface area contributed by atoms with Crippen molar-refractivity contribution in [3.05, 3.63) is 0 Å². The van der Waals surface area contributed by atoms with Gasteiger partial charge in [0.2, 0.25) is 0 Å². The summed E-state index contributed by atoms with van der Waals surface area (Å²) in [6.07, 6.45) is 16.3. The van der Waals surface area contributed by atoms with Crippen LogP contribution in [0.1, 0.15) is 118 Å². The maximum absolute atomic E-state index is 6.52. The molecular formula is C26H54O3S2. The van der Waals surface area contributed by atoms with Crippen LogP contribution in [0.15, 0.2) is 0 Å². The van der Waals surface area contributed by atoms with Crippen molar-refractivity contribution in [3.8, 4) is 0 Å². The molecule has 1 unspecified atom stereocenters. The van der Waals surface area contributed by atoms with Gasteiger partial charge in [-0.05, 0) is 49.5 Å². The van der Waals surface area contributed by atoms with Crippen molar-refractivity contribution in [2.75, 3.05) is 31.3 Å². The van der Waals surface area contributed by atoms with Gasteiger partial charge in [0.1, 0.15) is 0 Å². The summed E-state index contributed by atoms with van der Waals surface area (Å²) in [7, 11) is 0. The summed E-state index contributed by atoms with van der Waals surface area (Å²) in [6, 6.07) is 0. The van der Waals surface area contributed by atoms with E-state index in [4.69, 9.17) is 14.2 Å². The topological polar surface area (TPSA) is 27.7 Å². The van der Waals surface area contributed by atoms with E-state index in [2.05, 4.69) is 53.0 Å². The van der Waals surface area contributed by atoms with Crippen molar-refractivity contribution in [2.24, 2.45) is 11.8 Å². The minimum Gasteiger partial charge on any atom is -0.327 e. The van der Waals surface area contributed by atoms with Crippen LogP contribution in [0.4, 0.5) is 0 Å². The average Bonchev–Trinajstić information content (AvgIpc) is 2.78. The van der Waals surface area contributed by atoms with Crippen LogP contribution in [0.25, 0.3) is 0 Å². The molecule has 0 spiro atoms. The molecule has 0 aliphatic carbocycles. The van der Waals surface area contributed by atoms with Gasteiger partial charge in [-0.1, -0.05) is 85.5 Å². The van der Waals surface area contributed by atoms with Crippen molar-refractivity contribution in [3.63, 3.8) is 0 Å². The second-order valence-electron chi connectivity index (χ2n) is 8.93. The molecule has 0 heterocycles. The van der Waals surface area contributed by atoms with Crippen molar-refractivity contribution >= 4 is 25.3 Å². The van der Waals surface area contributed by atoms with Gasteiger partial charge in [-0.3, -0.25) is 0 Å². The summed E-state index contributed by atoms with van der Waals surface area (Å²) in [6.45, 7) is 10.9. The third-order valence-corrected chi connectivity index (χ3v) is 6.98. The fraction of sp³-hybridized carbons (Fsp3) is 1.00. The van der Waals surface area contributed by atoms with Crippen LogP contribution in [0, 0.1) is 11.8 Å². The molecule has 0 saturated heterocycles. The second kappa shape index (κ2) is 22.4. The van der Waals surface area contributed by atoms with Gasteiger partial charge in [0.15, 0.2) is 0 Å². The molecule has 0 aromatic heterocycles. The highest BCUT2D eigenvalue weighted by Crippen LogP contribution is 2.36. The molecule has 0 aliphatic rings. The molecule has 0 saturated carbocycles. The zero-order valence-corrected chi connectivity index (χ0v) is 23.0. The van der Waals surface area contributed by atoms with Gasteiger partial charge in [-0.25, -0.2) is 0 Å². The van der Waals surface area contributed by atoms with E-state index in [0.29, 0.717) is 25.7 Å². The smallest absolute Gasteiger partial charge is 0.285 e. The largest absolute Gasteiger partial charge is 0.327 e. The Bertz CT molecular complexity index is 338. The van der Waals surface area contributed by atoms with Crippen LogP contribution in [0.2, 0.25) is 0 Å². The van der Waals surface area contributed by atoms with Crippen molar-refractivity contribution in [1.82, 2.24) is 0 Å². The monoisotopic (exact) mass is 478 g/mol. The van der Waals surface area contributed by atoms with E-state index < -0.39 is 5.97 Å². The van der Waals surface area contributed by atoms with E-state index >= 15 is 0 Å². The molecule has 0 fully saturated rings. The van der Waals surface area contributed by atoms with Crippen molar-refractivity contribution < 1.29 is 14.2 Å². The van der Waals surface area contributed by atoms with Gasteiger partial charge < -0.3 is 14.2 Å². The summed E-state index contributed by atoms with van der Waals surface area (Å²) in [4.78, 5) is 0. The SMILES string of the molecule is CCCCCCCCC(CC(CS)CS)C(OCCCC)(OCCCC)OCCCC. The van der Waals surface area contributed by atoms with E-state index in [9.17, 15) is 0 Å². The predicted molar refractivity (Wildman–Crippen MR) is 143 cm³/mol. The standard InChI is InChI=1S/C26H54O3S2/c1-5-9-13-14-15-16-17-25(21-24(22-30)23-31)26(27-18-10-6-2,28-19-11-7-3)29-20-12-8-4/h24-25,30-31H,5-23H2,1-4H3. The van der Waals surface area contributed by atoms with E-state index in [-0.39, 0.29) is 5.92 Å². The second-order valence-corrected chi connectivity index (χ2v) is 9.66. The molecule has 0 aromatic rings. The normalized spacial score (nSPS) is 13.3. The summed E-state index contributed by atoms with van der Waals surface area (Å²) in [5, 5.41) is 0. The first-order chi connectivity index (χ1) is 15.1. The lowest BCUT2D eigenvalue weighted by Gasteiger charge is -2.41. The van der Waals surface area contributed by atoms with Gasteiger partial charge in [-0.2, -0.15) is 25.3 Å². The first-order valence-electron chi connectivity index (χ1n) is 13.3. The molecule has 0 N–H and O–H groups in total. The van der Waals surface area contributed by atoms with E-state index in [1.54, 1.807) is 0 Å². The summed E-state index contributed by atoms with van der Waals surface area (Å²) in [5.74, 6) is 1.41. The maximum Gasteiger partial charge on any atom is 0.285 e. The molecule has 3 nitrogen and oxygen atoms in total. The lowest BCUT2D eigenvalue weighted by atomic mass is 9.89. The van der Waals surface area contributed by atoms with Crippen LogP contribution in [0.5, 0.6) is 0 Å². The molecular weight excluding hydrogens is 424 g/mol. The van der Waals surface area contributed by atoms with Crippen LogP contribution >= 0.6 is 25.3 Å². The predicted octanol–water partition coefficient (Wildman–Crippen LogP) is 8.32. The quantitative estimate of drug-likeness (QED) is 0.0829. The Morgan fingerprint density at radius 1 is 0.581 bits per heavy atom. The van der Waals surface area contributed by atoms with Crippen molar-refractivity contribution in [2.45, 2.75) is 124 Å². The van der Waals surface area contributed by atoms with E-state index in [0.717, 1.165) is 62.9 Å². The molecule has 188 valence electrons. The first-order valence-corrected chi connectivity index (χ1v) is 14.5. The average molecular weight is 479 g/mol. The zero-order chi connectivity index (χ0) is 23.2.